The Labute approximate surface area is 112 Å². The van der Waals surface area contributed by atoms with Crippen molar-refractivity contribution in [2.75, 3.05) is 5.32 Å². The zero-order valence-electron chi connectivity index (χ0n) is 9.35. The predicted molar refractivity (Wildman–Crippen MR) is 69.2 cm³/mol. The summed E-state index contributed by atoms with van der Waals surface area (Å²) in [5.74, 6) is -0.0503. The molecule has 0 amide bonds. The first kappa shape index (κ1) is 12.6. The van der Waals surface area contributed by atoms with Crippen molar-refractivity contribution in [3.05, 3.63) is 40.4 Å². The summed E-state index contributed by atoms with van der Waals surface area (Å²) in [5.41, 5.74) is 0.953. The fourth-order valence-electron chi connectivity index (χ4n) is 1.38. The highest BCUT2D eigenvalue weighted by Gasteiger charge is 2.06. The second-order valence-corrected chi connectivity index (χ2v) is 4.54. The highest BCUT2D eigenvalue weighted by Crippen LogP contribution is 2.14. The summed E-state index contributed by atoms with van der Waals surface area (Å²) in [6.07, 6.45) is -0.172. The molecule has 0 aliphatic heterocycles. The standard InChI is InChI=1S/C11H11BrN4O2/c12-7-1-3-8(4-2-7)13-6-10-14-9(15-16-10)5-11(17)18/h1-4,13H,5-6H2,(H,17,18)(H,14,15,16). The molecule has 0 bridgehead atoms. The van der Waals surface area contributed by atoms with Crippen molar-refractivity contribution in [3.8, 4) is 0 Å². The zero-order valence-corrected chi connectivity index (χ0v) is 10.9. The molecule has 1 aromatic heterocycles. The zero-order chi connectivity index (χ0) is 13.0. The molecule has 0 spiro atoms. The van der Waals surface area contributed by atoms with E-state index in [-0.39, 0.29) is 12.2 Å². The van der Waals surface area contributed by atoms with Gasteiger partial charge in [0.2, 0.25) is 0 Å². The van der Waals surface area contributed by atoms with E-state index in [0.29, 0.717) is 12.4 Å². The number of carbonyl (C=O) groups is 1. The van der Waals surface area contributed by atoms with Gasteiger partial charge in [-0.1, -0.05) is 15.9 Å². The summed E-state index contributed by atoms with van der Waals surface area (Å²) in [7, 11) is 0. The molecule has 2 rings (SSSR count). The highest BCUT2D eigenvalue weighted by molar-refractivity contribution is 9.10. The number of benzene rings is 1. The van der Waals surface area contributed by atoms with Gasteiger partial charge in [0.25, 0.3) is 0 Å². The van der Waals surface area contributed by atoms with E-state index < -0.39 is 5.97 Å². The summed E-state index contributed by atoms with van der Waals surface area (Å²) < 4.78 is 1.01. The molecule has 0 atom stereocenters. The van der Waals surface area contributed by atoms with E-state index in [4.69, 9.17) is 5.11 Å². The minimum atomic E-state index is -0.943. The van der Waals surface area contributed by atoms with Gasteiger partial charge in [-0.05, 0) is 24.3 Å². The third kappa shape index (κ3) is 3.56. The summed E-state index contributed by atoms with van der Waals surface area (Å²) in [5, 5.41) is 18.3. The Bertz CT molecular complexity index is 538. The van der Waals surface area contributed by atoms with Crippen LogP contribution in [-0.2, 0) is 17.8 Å². The Morgan fingerprint density at radius 1 is 1.39 bits per heavy atom. The second kappa shape index (κ2) is 5.63. The quantitative estimate of drug-likeness (QED) is 0.783. The molecule has 0 saturated carbocycles. The third-order valence-corrected chi connectivity index (χ3v) is 2.72. The maximum absolute atomic E-state index is 10.5. The lowest BCUT2D eigenvalue weighted by Crippen LogP contribution is -2.03. The lowest BCUT2D eigenvalue weighted by Gasteiger charge is -2.03. The number of H-pyrrole nitrogens is 1. The van der Waals surface area contributed by atoms with Crippen molar-refractivity contribution in [2.45, 2.75) is 13.0 Å². The van der Waals surface area contributed by atoms with Crippen LogP contribution in [0.4, 0.5) is 5.69 Å². The van der Waals surface area contributed by atoms with Gasteiger partial charge in [-0.25, -0.2) is 4.98 Å². The number of anilines is 1. The van der Waals surface area contributed by atoms with E-state index in [1.165, 1.54) is 0 Å². The van der Waals surface area contributed by atoms with Crippen LogP contribution in [0.5, 0.6) is 0 Å². The van der Waals surface area contributed by atoms with Crippen molar-refractivity contribution in [2.24, 2.45) is 0 Å². The number of aliphatic carboxylic acids is 1. The summed E-state index contributed by atoms with van der Waals surface area (Å²) in [4.78, 5) is 14.5. The van der Waals surface area contributed by atoms with E-state index in [0.717, 1.165) is 10.2 Å². The van der Waals surface area contributed by atoms with Crippen molar-refractivity contribution >= 4 is 27.6 Å². The molecule has 0 aliphatic carbocycles. The SMILES string of the molecule is O=C(O)Cc1n[nH]c(CNc2ccc(Br)cc2)n1. The van der Waals surface area contributed by atoms with Crippen molar-refractivity contribution in [1.29, 1.82) is 0 Å². The molecule has 3 N–H and O–H groups in total. The van der Waals surface area contributed by atoms with E-state index in [1.807, 2.05) is 24.3 Å². The average molecular weight is 311 g/mol. The number of hydrogen-bond acceptors (Lipinski definition) is 4. The number of aromatic nitrogens is 3. The minimum Gasteiger partial charge on any atom is -0.481 e. The second-order valence-electron chi connectivity index (χ2n) is 3.63. The molecule has 0 saturated heterocycles. The van der Waals surface area contributed by atoms with Crippen LogP contribution in [0.2, 0.25) is 0 Å². The number of rotatable bonds is 5. The molecule has 2 aromatic rings. The van der Waals surface area contributed by atoms with Crippen LogP contribution >= 0.6 is 15.9 Å². The monoisotopic (exact) mass is 310 g/mol. The van der Waals surface area contributed by atoms with Crippen molar-refractivity contribution in [1.82, 2.24) is 15.2 Å². The Morgan fingerprint density at radius 2 is 2.11 bits per heavy atom. The number of nitrogens with one attached hydrogen (secondary N) is 2. The van der Waals surface area contributed by atoms with Gasteiger partial charge in [-0.3, -0.25) is 9.89 Å². The third-order valence-electron chi connectivity index (χ3n) is 2.19. The normalized spacial score (nSPS) is 10.3. The average Bonchev–Trinajstić information content (AvgIpc) is 2.75. The molecular formula is C11H11BrN4O2. The highest BCUT2D eigenvalue weighted by atomic mass is 79.9. The van der Waals surface area contributed by atoms with Gasteiger partial charge >= 0.3 is 5.97 Å². The van der Waals surface area contributed by atoms with Crippen LogP contribution in [0.1, 0.15) is 11.6 Å². The number of carboxylic acid groups (broad SMARTS) is 1. The molecule has 94 valence electrons. The molecule has 0 radical (unpaired) electrons. The van der Waals surface area contributed by atoms with Gasteiger partial charge in [-0.2, -0.15) is 5.10 Å². The molecule has 1 aromatic carbocycles. The van der Waals surface area contributed by atoms with Crippen LogP contribution in [-0.4, -0.2) is 26.3 Å². The van der Waals surface area contributed by atoms with E-state index in [2.05, 4.69) is 36.4 Å². The Morgan fingerprint density at radius 3 is 2.78 bits per heavy atom. The molecule has 0 aliphatic rings. The number of carboxylic acids is 1. The molecule has 6 nitrogen and oxygen atoms in total. The summed E-state index contributed by atoms with van der Waals surface area (Å²) in [6, 6.07) is 7.72. The summed E-state index contributed by atoms with van der Waals surface area (Å²) >= 11 is 3.36. The van der Waals surface area contributed by atoms with Crippen LogP contribution in [0.15, 0.2) is 28.7 Å². The maximum atomic E-state index is 10.5. The number of hydrogen-bond donors (Lipinski definition) is 3. The van der Waals surface area contributed by atoms with Gasteiger partial charge in [0.15, 0.2) is 5.82 Å². The Balaban J connectivity index is 1.92. The first-order valence-electron chi connectivity index (χ1n) is 5.25. The van der Waals surface area contributed by atoms with Gasteiger partial charge in [0, 0.05) is 10.2 Å². The number of nitrogens with zero attached hydrogens (tertiary/aromatic N) is 2. The van der Waals surface area contributed by atoms with Crippen LogP contribution < -0.4 is 5.32 Å². The first-order valence-corrected chi connectivity index (χ1v) is 6.04. The lowest BCUT2D eigenvalue weighted by molar-refractivity contribution is -0.136. The Hall–Kier alpha value is -1.89. The molecule has 18 heavy (non-hydrogen) atoms. The first-order chi connectivity index (χ1) is 8.63. The van der Waals surface area contributed by atoms with Gasteiger partial charge in [0.1, 0.15) is 12.2 Å². The molecule has 0 fully saturated rings. The largest absolute Gasteiger partial charge is 0.481 e. The molecule has 7 heteroatoms. The maximum Gasteiger partial charge on any atom is 0.311 e. The van der Waals surface area contributed by atoms with Crippen LogP contribution in [0.3, 0.4) is 0 Å². The van der Waals surface area contributed by atoms with Crippen LogP contribution in [0, 0.1) is 0 Å². The summed E-state index contributed by atoms with van der Waals surface area (Å²) in [6.45, 7) is 0.467. The minimum absolute atomic E-state index is 0.172. The van der Waals surface area contributed by atoms with Gasteiger partial charge in [-0.15, -0.1) is 0 Å². The molecular weight excluding hydrogens is 300 g/mol. The van der Waals surface area contributed by atoms with E-state index in [9.17, 15) is 4.79 Å². The molecule has 0 unspecified atom stereocenters. The fraction of sp³-hybridized carbons (Fsp3) is 0.182. The van der Waals surface area contributed by atoms with Gasteiger partial charge in [0.05, 0.1) is 6.54 Å². The van der Waals surface area contributed by atoms with Gasteiger partial charge < -0.3 is 10.4 Å². The number of halogens is 1. The smallest absolute Gasteiger partial charge is 0.311 e. The fourth-order valence-corrected chi connectivity index (χ4v) is 1.65. The van der Waals surface area contributed by atoms with Crippen molar-refractivity contribution < 1.29 is 9.90 Å². The lowest BCUT2D eigenvalue weighted by atomic mass is 10.3. The molecule has 1 heterocycles. The van der Waals surface area contributed by atoms with E-state index in [1.54, 1.807) is 0 Å². The topological polar surface area (TPSA) is 90.9 Å². The van der Waals surface area contributed by atoms with Crippen LogP contribution in [0.25, 0.3) is 0 Å². The number of aromatic amines is 1. The Kier molecular flexibility index (Phi) is 3.93. The van der Waals surface area contributed by atoms with E-state index >= 15 is 0 Å². The van der Waals surface area contributed by atoms with Crippen molar-refractivity contribution in [3.63, 3.8) is 0 Å². The predicted octanol–water partition coefficient (Wildman–Crippen LogP) is 1.81.